The molecule has 3 N–H and O–H groups in total. The fourth-order valence-electron chi connectivity index (χ4n) is 5.00. The van der Waals surface area contributed by atoms with Gasteiger partial charge in [0.05, 0.1) is 29.2 Å². The van der Waals surface area contributed by atoms with Crippen molar-refractivity contribution in [1.82, 2.24) is 25.6 Å². The summed E-state index contributed by atoms with van der Waals surface area (Å²) < 4.78 is 5.76. The Bertz CT molecular complexity index is 1610. The maximum absolute atomic E-state index is 13.5. The van der Waals surface area contributed by atoms with Crippen molar-refractivity contribution in [2.24, 2.45) is 0 Å². The van der Waals surface area contributed by atoms with Gasteiger partial charge in [-0.1, -0.05) is 37.6 Å². The number of urea groups is 1. The zero-order valence-corrected chi connectivity index (χ0v) is 22.1. The molecule has 1 aromatic carbocycles. The van der Waals surface area contributed by atoms with E-state index in [0.29, 0.717) is 38.0 Å². The lowest BCUT2D eigenvalue weighted by Crippen LogP contribution is -2.52. The number of thiophene rings is 1. The van der Waals surface area contributed by atoms with Crippen molar-refractivity contribution < 1.29 is 19.1 Å². The fourth-order valence-corrected chi connectivity index (χ4v) is 6.02. The fraction of sp³-hybridized carbons (Fsp3) is 0.214. The quantitative estimate of drug-likeness (QED) is 0.276. The largest absolute Gasteiger partial charge is 0.454 e. The maximum Gasteiger partial charge on any atom is 0.333 e. The lowest BCUT2D eigenvalue weighted by Gasteiger charge is -2.32. The van der Waals surface area contributed by atoms with Gasteiger partial charge in [-0.3, -0.25) is 9.59 Å². The molecular formula is C28H25N7O4S. The van der Waals surface area contributed by atoms with E-state index in [9.17, 15) is 14.4 Å². The first-order chi connectivity index (χ1) is 19.5. The molecule has 4 aromatic rings. The summed E-state index contributed by atoms with van der Waals surface area (Å²) in [6.07, 6.45) is 9.20. The number of hydrogen-bond donors (Lipinski definition) is 3. The number of rotatable bonds is 7. The summed E-state index contributed by atoms with van der Waals surface area (Å²) in [4.78, 5) is 54.2. The predicted octanol–water partition coefficient (Wildman–Crippen LogP) is 4.91. The number of anilines is 3. The van der Waals surface area contributed by atoms with Gasteiger partial charge in [0.15, 0.2) is 5.75 Å². The highest BCUT2D eigenvalue weighted by molar-refractivity contribution is 7.21. The highest BCUT2D eigenvalue weighted by atomic mass is 32.1. The van der Waals surface area contributed by atoms with Gasteiger partial charge in [-0.2, -0.15) is 0 Å². The highest BCUT2D eigenvalue weighted by Gasteiger charge is 2.35. The molecule has 40 heavy (non-hydrogen) atoms. The molecule has 0 bridgehead atoms. The van der Waals surface area contributed by atoms with Crippen LogP contribution < -0.4 is 25.6 Å². The Labute approximate surface area is 233 Å². The van der Waals surface area contributed by atoms with E-state index in [1.807, 2.05) is 30.3 Å². The molecule has 1 fully saturated rings. The Morgan fingerprint density at radius 3 is 2.48 bits per heavy atom. The van der Waals surface area contributed by atoms with Crippen LogP contribution in [0, 0.1) is 0 Å². The first kappa shape index (κ1) is 25.4. The third kappa shape index (κ3) is 4.84. The van der Waals surface area contributed by atoms with Crippen LogP contribution in [0.3, 0.4) is 0 Å². The summed E-state index contributed by atoms with van der Waals surface area (Å²) in [5.74, 6) is 0.609. The molecule has 12 heteroatoms. The van der Waals surface area contributed by atoms with Gasteiger partial charge in [-0.25, -0.2) is 24.6 Å². The second-order valence-corrected chi connectivity index (χ2v) is 10.4. The van der Waals surface area contributed by atoms with Gasteiger partial charge in [0, 0.05) is 18.3 Å². The lowest BCUT2D eigenvalue weighted by molar-refractivity contribution is -0.117. The van der Waals surface area contributed by atoms with E-state index in [1.54, 1.807) is 12.3 Å². The summed E-state index contributed by atoms with van der Waals surface area (Å²) in [7, 11) is 0. The van der Waals surface area contributed by atoms with E-state index in [-0.39, 0.29) is 29.8 Å². The minimum Gasteiger partial charge on any atom is -0.454 e. The molecule has 1 aliphatic carbocycles. The molecule has 0 unspecified atom stereocenters. The van der Waals surface area contributed by atoms with Crippen molar-refractivity contribution in [2.75, 3.05) is 10.2 Å². The molecule has 1 saturated carbocycles. The number of para-hydroxylation sites is 1. The second-order valence-electron chi connectivity index (χ2n) is 9.40. The summed E-state index contributed by atoms with van der Waals surface area (Å²) in [6.45, 7) is 3.51. The van der Waals surface area contributed by atoms with Crippen molar-refractivity contribution in [3.8, 4) is 11.5 Å². The van der Waals surface area contributed by atoms with Crippen LogP contribution >= 0.6 is 11.3 Å². The number of nitrogens with zero attached hydrogens (tertiary/aromatic N) is 4. The van der Waals surface area contributed by atoms with Crippen molar-refractivity contribution in [1.29, 1.82) is 0 Å². The van der Waals surface area contributed by atoms with Crippen LogP contribution in [-0.4, -0.2) is 44.9 Å². The standard InChI is InChI=1S/C28H25N7O4S/c1-2-21(36)32-18-10-6-7-11-19(18)33-25(37)24-23-22-20(12-13-29-26(22)40-24)35(28(38)34-23)27-30-14-17(15-31-27)39-16-8-4-3-5-9-16/h2-5,8-9,12-15,18-19H,1,6-7,10-11H2,(H,32,36)(H,33,37)(H,34,38)/t18-,19+/m0/s1. The van der Waals surface area contributed by atoms with Crippen LogP contribution in [0.5, 0.6) is 11.5 Å². The van der Waals surface area contributed by atoms with Crippen molar-refractivity contribution >= 4 is 56.7 Å². The maximum atomic E-state index is 13.5. The number of carbonyl (C=O) groups excluding carboxylic acids is 3. The number of ether oxygens (including phenoxy) is 1. The number of nitrogens with one attached hydrogen (secondary N) is 3. The van der Waals surface area contributed by atoms with E-state index in [4.69, 9.17) is 4.74 Å². The Hall–Kier alpha value is -4.84. The van der Waals surface area contributed by atoms with Gasteiger partial charge in [0.25, 0.3) is 5.91 Å². The second kappa shape index (κ2) is 10.7. The van der Waals surface area contributed by atoms with Gasteiger partial charge in [0.2, 0.25) is 11.9 Å². The molecule has 11 nitrogen and oxygen atoms in total. The van der Waals surface area contributed by atoms with E-state index < -0.39 is 6.03 Å². The molecule has 1 aliphatic heterocycles. The molecule has 0 spiro atoms. The molecule has 0 radical (unpaired) electrons. The van der Waals surface area contributed by atoms with Gasteiger partial charge >= 0.3 is 6.03 Å². The Morgan fingerprint density at radius 1 is 1.02 bits per heavy atom. The van der Waals surface area contributed by atoms with E-state index >= 15 is 0 Å². The normalized spacial score (nSPS) is 18.1. The number of amides is 4. The molecule has 0 saturated heterocycles. The highest BCUT2D eigenvalue weighted by Crippen LogP contribution is 2.45. The molecule has 4 amide bonds. The number of pyridine rings is 1. The zero-order chi connectivity index (χ0) is 27.6. The third-order valence-electron chi connectivity index (χ3n) is 6.84. The van der Waals surface area contributed by atoms with E-state index in [0.717, 1.165) is 25.7 Å². The van der Waals surface area contributed by atoms with E-state index in [2.05, 4.69) is 37.5 Å². The van der Waals surface area contributed by atoms with Gasteiger partial charge in [-0.15, -0.1) is 11.3 Å². The summed E-state index contributed by atoms with van der Waals surface area (Å²) in [5.41, 5.74) is 0.915. The van der Waals surface area contributed by atoms with Gasteiger partial charge in [0.1, 0.15) is 15.5 Å². The minimum atomic E-state index is -0.502. The first-order valence-electron chi connectivity index (χ1n) is 12.8. The third-order valence-corrected chi connectivity index (χ3v) is 7.94. The minimum absolute atomic E-state index is 0.149. The summed E-state index contributed by atoms with van der Waals surface area (Å²) in [6, 6.07) is 10.00. The van der Waals surface area contributed by atoms with Crippen LogP contribution in [0.2, 0.25) is 0 Å². The lowest BCUT2D eigenvalue weighted by atomic mass is 9.90. The van der Waals surface area contributed by atoms with Crippen LogP contribution in [0.1, 0.15) is 35.4 Å². The topological polar surface area (TPSA) is 138 Å². The number of hydrogen-bond acceptors (Lipinski definition) is 8. The van der Waals surface area contributed by atoms with Crippen molar-refractivity contribution in [2.45, 2.75) is 37.8 Å². The van der Waals surface area contributed by atoms with Crippen LogP contribution in [0.4, 0.5) is 22.1 Å². The van der Waals surface area contributed by atoms with Crippen LogP contribution in [-0.2, 0) is 4.79 Å². The van der Waals surface area contributed by atoms with Crippen molar-refractivity contribution in [3.63, 3.8) is 0 Å². The molecule has 6 rings (SSSR count). The van der Waals surface area contributed by atoms with Crippen molar-refractivity contribution in [3.05, 3.63) is 72.5 Å². The molecule has 202 valence electrons. The predicted molar refractivity (Wildman–Crippen MR) is 151 cm³/mol. The molecular weight excluding hydrogens is 530 g/mol. The SMILES string of the molecule is C=CC(=O)N[C@H]1CCCC[C@H]1NC(=O)c1sc2nccc3c2c1NC(=O)N3c1ncc(Oc2ccccc2)cn1. The number of carbonyl (C=O) groups is 3. The Balaban J connectivity index is 1.27. The summed E-state index contributed by atoms with van der Waals surface area (Å²) in [5, 5.41) is 9.47. The average Bonchev–Trinajstić information content (AvgIpc) is 3.35. The molecule has 2 atom stereocenters. The summed E-state index contributed by atoms with van der Waals surface area (Å²) >= 11 is 1.19. The Kier molecular flexibility index (Phi) is 6.83. The first-order valence-corrected chi connectivity index (χ1v) is 13.6. The zero-order valence-electron chi connectivity index (χ0n) is 21.3. The van der Waals surface area contributed by atoms with Gasteiger partial charge < -0.3 is 20.7 Å². The monoisotopic (exact) mass is 555 g/mol. The van der Waals surface area contributed by atoms with Gasteiger partial charge in [-0.05, 0) is 37.1 Å². The number of aromatic nitrogens is 3. The van der Waals surface area contributed by atoms with Crippen LogP contribution in [0.25, 0.3) is 10.2 Å². The molecule has 2 aliphatic rings. The number of benzene rings is 1. The smallest absolute Gasteiger partial charge is 0.333 e. The average molecular weight is 556 g/mol. The molecule has 3 aromatic heterocycles. The molecule has 4 heterocycles. The van der Waals surface area contributed by atoms with E-state index in [1.165, 1.54) is 34.7 Å². The van der Waals surface area contributed by atoms with Crippen LogP contribution in [0.15, 0.2) is 67.6 Å². The Morgan fingerprint density at radius 2 is 1.75 bits per heavy atom.